The van der Waals surface area contributed by atoms with Gasteiger partial charge in [0, 0.05) is 37.8 Å². The molecule has 1 fully saturated rings. The lowest BCUT2D eigenvalue weighted by molar-refractivity contribution is -0.121. The van der Waals surface area contributed by atoms with Gasteiger partial charge in [0.05, 0.1) is 6.61 Å². The molecule has 2 rings (SSSR count). The molecule has 1 aliphatic rings. The fraction of sp³-hybridized carbons (Fsp3) is 0.579. The summed E-state index contributed by atoms with van der Waals surface area (Å²) in [6.45, 7) is 6.19. The van der Waals surface area contributed by atoms with Crippen LogP contribution in [0.15, 0.2) is 24.3 Å². The first kappa shape index (κ1) is 19.1. The standard InChI is InChI=1S/C19H29N3O3/c1-3-15-7-5-6-8-17(15)20-12-9-18(23)21-16-10-13-22(14-11-16)19(24)25-4-2/h5-8,16,20H,3-4,9-14H2,1-2H3,(H,21,23). The normalized spacial score (nSPS) is 14.9. The second-order valence-corrected chi connectivity index (χ2v) is 6.22. The highest BCUT2D eigenvalue weighted by Crippen LogP contribution is 2.15. The molecular formula is C19H29N3O3. The molecule has 2 amide bonds. The Morgan fingerprint density at radius 3 is 2.60 bits per heavy atom. The zero-order valence-electron chi connectivity index (χ0n) is 15.2. The molecule has 0 radical (unpaired) electrons. The van der Waals surface area contributed by atoms with Gasteiger partial charge < -0.3 is 20.3 Å². The summed E-state index contributed by atoms with van der Waals surface area (Å²) < 4.78 is 5.00. The first-order valence-electron chi connectivity index (χ1n) is 9.16. The van der Waals surface area contributed by atoms with Crippen LogP contribution in [0.5, 0.6) is 0 Å². The Labute approximate surface area is 149 Å². The van der Waals surface area contributed by atoms with Crippen LogP contribution in [-0.4, -0.2) is 49.2 Å². The Morgan fingerprint density at radius 1 is 1.20 bits per heavy atom. The molecule has 1 saturated heterocycles. The van der Waals surface area contributed by atoms with E-state index in [4.69, 9.17) is 4.74 Å². The molecule has 0 saturated carbocycles. The topological polar surface area (TPSA) is 70.7 Å². The molecule has 0 atom stereocenters. The van der Waals surface area contributed by atoms with Crippen LogP contribution in [0, 0.1) is 0 Å². The van der Waals surface area contributed by atoms with E-state index in [-0.39, 0.29) is 18.0 Å². The Bertz CT molecular complexity index is 569. The molecule has 2 N–H and O–H groups in total. The maximum atomic E-state index is 12.1. The van der Waals surface area contributed by atoms with E-state index in [0.29, 0.717) is 32.7 Å². The van der Waals surface area contributed by atoms with Gasteiger partial charge >= 0.3 is 6.09 Å². The zero-order valence-corrected chi connectivity index (χ0v) is 15.2. The molecule has 0 aromatic heterocycles. The summed E-state index contributed by atoms with van der Waals surface area (Å²) in [7, 11) is 0. The fourth-order valence-electron chi connectivity index (χ4n) is 3.03. The number of aryl methyl sites for hydroxylation is 1. The Morgan fingerprint density at radius 2 is 1.92 bits per heavy atom. The van der Waals surface area contributed by atoms with E-state index >= 15 is 0 Å². The average molecular weight is 347 g/mol. The van der Waals surface area contributed by atoms with Crippen molar-refractivity contribution in [2.24, 2.45) is 0 Å². The highest BCUT2D eigenvalue weighted by Gasteiger charge is 2.24. The van der Waals surface area contributed by atoms with E-state index in [1.807, 2.05) is 18.2 Å². The zero-order chi connectivity index (χ0) is 18.1. The quantitative estimate of drug-likeness (QED) is 0.796. The minimum absolute atomic E-state index is 0.0519. The van der Waals surface area contributed by atoms with Gasteiger partial charge in [-0.15, -0.1) is 0 Å². The van der Waals surface area contributed by atoms with Crippen molar-refractivity contribution >= 4 is 17.7 Å². The van der Waals surface area contributed by atoms with Crippen molar-refractivity contribution in [1.29, 1.82) is 0 Å². The largest absolute Gasteiger partial charge is 0.450 e. The van der Waals surface area contributed by atoms with Gasteiger partial charge in [-0.2, -0.15) is 0 Å². The average Bonchev–Trinajstić information content (AvgIpc) is 2.63. The molecule has 1 aromatic carbocycles. The SMILES string of the molecule is CCOC(=O)N1CCC(NC(=O)CCNc2ccccc2CC)CC1. The van der Waals surface area contributed by atoms with E-state index in [2.05, 4.69) is 23.6 Å². The summed E-state index contributed by atoms with van der Waals surface area (Å²) in [5.41, 5.74) is 2.36. The van der Waals surface area contributed by atoms with Crippen LogP contribution >= 0.6 is 0 Å². The van der Waals surface area contributed by atoms with Crippen LogP contribution in [0.25, 0.3) is 0 Å². The molecule has 1 aromatic rings. The van der Waals surface area contributed by atoms with E-state index in [1.165, 1.54) is 5.56 Å². The number of carbonyl (C=O) groups is 2. The lowest BCUT2D eigenvalue weighted by Gasteiger charge is -2.31. The summed E-state index contributed by atoms with van der Waals surface area (Å²) in [5, 5.41) is 6.41. The number of likely N-dealkylation sites (tertiary alicyclic amines) is 1. The van der Waals surface area contributed by atoms with Crippen LogP contribution < -0.4 is 10.6 Å². The van der Waals surface area contributed by atoms with Crippen molar-refractivity contribution in [1.82, 2.24) is 10.2 Å². The van der Waals surface area contributed by atoms with Gasteiger partial charge in [-0.05, 0) is 37.8 Å². The monoisotopic (exact) mass is 347 g/mol. The molecule has 6 nitrogen and oxygen atoms in total. The smallest absolute Gasteiger partial charge is 0.409 e. The minimum atomic E-state index is -0.258. The van der Waals surface area contributed by atoms with Crippen LogP contribution in [0.3, 0.4) is 0 Å². The number of benzene rings is 1. The number of anilines is 1. The maximum absolute atomic E-state index is 12.1. The first-order chi connectivity index (χ1) is 12.1. The van der Waals surface area contributed by atoms with Gasteiger partial charge in [-0.1, -0.05) is 25.1 Å². The lowest BCUT2D eigenvalue weighted by atomic mass is 10.1. The molecule has 0 bridgehead atoms. The van der Waals surface area contributed by atoms with Crippen molar-refractivity contribution in [3.8, 4) is 0 Å². The van der Waals surface area contributed by atoms with Crippen LogP contribution in [0.2, 0.25) is 0 Å². The third-order valence-electron chi connectivity index (χ3n) is 4.45. The number of amides is 2. The number of hydrogen-bond donors (Lipinski definition) is 2. The summed E-state index contributed by atoms with van der Waals surface area (Å²) in [4.78, 5) is 25.5. The van der Waals surface area contributed by atoms with Gasteiger partial charge in [0.25, 0.3) is 0 Å². The van der Waals surface area contributed by atoms with Crippen molar-refractivity contribution in [3.63, 3.8) is 0 Å². The molecule has 138 valence electrons. The molecule has 6 heteroatoms. The molecule has 25 heavy (non-hydrogen) atoms. The van der Waals surface area contributed by atoms with Gasteiger partial charge in [-0.3, -0.25) is 4.79 Å². The minimum Gasteiger partial charge on any atom is -0.450 e. The van der Waals surface area contributed by atoms with Gasteiger partial charge in [0.15, 0.2) is 0 Å². The van der Waals surface area contributed by atoms with Gasteiger partial charge in [-0.25, -0.2) is 4.79 Å². The number of hydrogen-bond acceptors (Lipinski definition) is 4. The van der Waals surface area contributed by atoms with E-state index in [9.17, 15) is 9.59 Å². The lowest BCUT2D eigenvalue weighted by Crippen LogP contribution is -2.46. The highest BCUT2D eigenvalue weighted by molar-refractivity contribution is 5.77. The number of nitrogens with one attached hydrogen (secondary N) is 2. The van der Waals surface area contributed by atoms with Gasteiger partial charge in [0.1, 0.15) is 0 Å². The Hall–Kier alpha value is -2.24. The number of piperidine rings is 1. The summed E-state index contributed by atoms with van der Waals surface area (Å²) in [5.74, 6) is 0.0519. The van der Waals surface area contributed by atoms with Gasteiger partial charge in [0.2, 0.25) is 5.91 Å². The van der Waals surface area contributed by atoms with E-state index in [1.54, 1.807) is 11.8 Å². The predicted octanol–water partition coefficient (Wildman–Crippen LogP) is 2.79. The van der Waals surface area contributed by atoms with E-state index < -0.39 is 0 Å². The molecule has 0 aliphatic carbocycles. The first-order valence-corrected chi connectivity index (χ1v) is 9.16. The van der Waals surface area contributed by atoms with Crippen LogP contribution in [-0.2, 0) is 16.0 Å². The number of carbonyl (C=O) groups excluding carboxylic acids is 2. The maximum Gasteiger partial charge on any atom is 0.409 e. The van der Waals surface area contributed by atoms with Crippen molar-refractivity contribution < 1.29 is 14.3 Å². The van der Waals surface area contributed by atoms with Crippen molar-refractivity contribution in [2.75, 3.05) is 31.6 Å². The number of rotatable bonds is 7. The summed E-state index contributed by atoms with van der Waals surface area (Å²) >= 11 is 0. The summed E-state index contributed by atoms with van der Waals surface area (Å²) in [6.07, 6.45) is 2.70. The Balaban J connectivity index is 1.67. The second kappa shape index (κ2) is 9.91. The molecular weight excluding hydrogens is 318 g/mol. The second-order valence-electron chi connectivity index (χ2n) is 6.22. The third-order valence-corrected chi connectivity index (χ3v) is 4.45. The molecule has 0 spiro atoms. The number of ether oxygens (including phenoxy) is 1. The number of nitrogens with zero attached hydrogens (tertiary/aromatic N) is 1. The highest BCUT2D eigenvalue weighted by atomic mass is 16.6. The summed E-state index contributed by atoms with van der Waals surface area (Å²) in [6, 6.07) is 8.31. The van der Waals surface area contributed by atoms with Crippen LogP contribution in [0.4, 0.5) is 10.5 Å². The predicted molar refractivity (Wildman–Crippen MR) is 98.7 cm³/mol. The van der Waals surface area contributed by atoms with Crippen molar-refractivity contribution in [2.45, 2.75) is 45.6 Å². The molecule has 0 unspecified atom stereocenters. The molecule has 1 aliphatic heterocycles. The Kier molecular flexibility index (Phi) is 7.57. The third kappa shape index (κ3) is 5.96. The van der Waals surface area contributed by atoms with E-state index in [0.717, 1.165) is 24.9 Å². The number of para-hydroxylation sites is 1. The molecule has 1 heterocycles. The fourth-order valence-corrected chi connectivity index (χ4v) is 3.03. The van der Waals surface area contributed by atoms with Crippen LogP contribution in [0.1, 0.15) is 38.7 Å². The van der Waals surface area contributed by atoms with Crippen molar-refractivity contribution in [3.05, 3.63) is 29.8 Å².